The second-order valence-electron chi connectivity index (χ2n) is 8.07. The van der Waals surface area contributed by atoms with Crippen LogP contribution in [0.2, 0.25) is 5.02 Å². The summed E-state index contributed by atoms with van der Waals surface area (Å²) >= 11 is 5.85. The van der Waals surface area contributed by atoms with Crippen LogP contribution in [0.25, 0.3) is 0 Å². The van der Waals surface area contributed by atoms with Gasteiger partial charge < -0.3 is 10.2 Å². The highest BCUT2D eigenvalue weighted by Gasteiger charge is 2.30. The lowest BCUT2D eigenvalue weighted by molar-refractivity contribution is -0.132. The second-order valence-corrected chi connectivity index (χ2v) is 10.2. The minimum atomic E-state index is -3.87. The Bertz CT molecular complexity index is 1330. The molecule has 0 aromatic heterocycles. The lowest BCUT2D eigenvalue weighted by atomic mass is 9.90. The van der Waals surface area contributed by atoms with Crippen LogP contribution in [0.15, 0.2) is 77.7 Å². The molecule has 0 saturated heterocycles. The highest BCUT2D eigenvalue weighted by Crippen LogP contribution is 2.32. The van der Waals surface area contributed by atoms with Gasteiger partial charge in [-0.25, -0.2) is 8.42 Å². The van der Waals surface area contributed by atoms with Crippen molar-refractivity contribution in [1.82, 2.24) is 4.90 Å². The SMILES string of the molecule is CC(=O)N1CCc2ccccc2C1CC(=O)Nc1cccc(S(=O)(=O)Nc2ccc(Cl)cc2)c1. The van der Waals surface area contributed by atoms with Gasteiger partial charge in [-0.05, 0) is 60.0 Å². The zero-order chi connectivity index (χ0) is 24.3. The van der Waals surface area contributed by atoms with E-state index in [1.54, 1.807) is 41.3 Å². The number of carbonyl (C=O) groups is 2. The van der Waals surface area contributed by atoms with E-state index in [1.807, 2.05) is 24.3 Å². The first-order valence-electron chi connectivity index (χ1n) is 10.8. The molecule has 1 aliphatic heterocycles. The molecule has 0 saturated carbocycles. The van der Waals surface area contributed by atoms with Crippen LogP contribution in [-0.2, 0) is 26.0 Å². The number of hydrogen-bond acceptors (Lipinski definition) is 4. The van der Waals surface area contributed by atoms with Crippen LogP contribution in [0.1, 0.15) is 30.5 Å². The number of nitrogens with one attached hydrogen (secondary N) is 2. The number of halogens is 1. The third-order valence-electron chi connectivity index (χ3n) is 5.72. The van der Waals surface area contributed by atoms with Gasteiger partial charge >= 0.3 is 0 Å². The minimum Gasteiger partial charge on any atom is -0.335 e. The van der Waals surface area contributed by atoms with Crippen LogP contribution in [0.3, 0.4) is 0 Å². The van der Waals surface area contributed by atoms with Gasteiger partial charge in [-0.15, -0.1) is 0 Å². The van der Waals surface area contributed by atoms with Gasteiger partial charge in [0.25, 0.3) is 10.0 Å². The van der Waals surface area contributed by atoms with Gasteiger partial charge in [0.05, 0.1) is 17.4 Å². The predicted octanol–water partition coefficient (Wildman–Crippen LogP) is 4.62. The first kappa shape index (κ1) is 23.8. The van der Waals surface area contributed by atoms with Gasteiger partial charge in [0.15, 0.2) is 0 Å². The Morgan fingerprint density at radius 2 is 1.74 bits per heavy atom. The molecule has 34 heavy (non-hydrogen) atoms. The normalized spacial score (nSPS) is 15.4. The maximum atomic E-state index is 12.9. The number of nitrogens with zero attached hydrogens (tertiary/aromatic N) is 1. The molecule has 1 aliphatic rings. The van der Waals surface area contributed by atoms with Crippen molar-refractivity contribution in [2.45, 2.75) is 30.7 Å². The first-order valence-corrected chi connectivity index (χ1v) is 12.6. The quantitative estimate of drug-likeness (QED) is 0.519. The van der Waals surface area contributed by atoms with Gasteiger partial charge in [-0.2, -0.15) is 0 Å². The van der Waals surface area contributed by atoms with E-state index in [0.717, 1.165) is 17.5 Å². The molecule has 0 fully saturated rings. The minimum absolute atomic E-state index is 0.00799. The Morgan fingerprint density at radius 1 is 1.00 bits per heavy atom. The molecule has 1 heterocycles. The van der Waals surface area contributed by atoms with E-state index >= 15 is 0 Å². The summed E-state index contributed by atoms with van der Waals surface area (Å²) in [6.45, 7) is 2.05. The van der Waals surface area contributed by atoms with Crippen LogP contribution in [0.5, 0.6) is 0 Å². The van der Waals surface area contributed by atoms with Crippen LogP contribution in [-0.4, -0.2) is 31.7 Å². The standard InChI is InChI=1S/C25H24ClN3O4S/c1-17(30)29-14-13-18-5-2-3-8-23(18)24(29)16-25(31)27-21-6-4-7-22(15-21)34(32,33)28-20-11-9-19(26)10-12-20/h2-12,15,24,28H,13-14,16H2,1H3,(H,27,31). The van der Waals surface area contributed by atoms with E-state index in [-0.39, 0.29) is 29.2 Å². The molecular weight excluding hydrogens is 474 g/mol. The van der Waals surface area contributed by atoms with Gasteiger partial charge in [0.1, 0.15) is 0 Å². The van der Waals surface area contributed by atoms with Gasteiger partial charge in [0.2, 0.25) is 11.8 Å². The predicted molar refractivity (Wildman–Crippen MR) is 132 cm³/mol. The van der Waals surface area contributed by atoms with E-state index in [9.17, 15) is 18.0 Å². The Labute approximate surface area is 203 Å². The summed E-state index contributed by atoms with van der Waals surface area (Å²) in [6, 6.07) is 19.8. The summed E-state index contributed by atoms with van der Waals surface area (Å²) in [5, 5.41) is 3.27. The topological polar surface area (TPSA) is 95.6 Å². The third kappa shape index (κ3) is 5.40. The molecule has 2 amide bonds. The van der Waals surface area contributed by atoms with Gasteiger partial charge in [0, 0.05) is 29.9 Å². The van der Waals surface area contributed by atoms with Crippen molar-refractivity contribution in [3.05, 3.63) is 88.9 Å². The Morgan fingerprint density at radius 3 is 2.47 bits per heavy atom. The Balaban J connectivity index is 1.50. The fraction of sp³-hybridized carbons (Fsp3) is 0.200. The largest absolute Gasteiger partial charge is 0.335 e. The fourth-order valence-corrected chi connectivity index (χ4v) is 5.34. The molecule has 7 nitrogen and oxygen atoms in total. The maximum Gasteiger partial charge on any atom is 0.261 e. The summed E-state index contributed by atoms with van der Waals surface area (Å²) in [4.78, 5) is 26.8. The maximum absolute atomic E-state index is 12.9. The summed E-state index contributed by atoms with van der Waals surface area (Å²) in [5.41, 5.74) is 2.81. The molecule has 0 spiro atoms. The van der Waals surface area contributed by atoms with Crippen LogP contribution >= 0.6 is 11.6 Å². The zero-order valence-corrected chi connectivity index (χ0v) is 20.1. The smallest absolute Gasteiger partial charge is 0.261 e. The lowest BCUT2D eigenvalue weighted by Crippen LogP contribution is -2.40. The van der Waals surface area contributed by atoms with E-state index < -0.39 is 10.0 Å². The number of carbonyl (C=O) groups excluding carboxylic acids is 2. The van der Waals surface area contributed by atoms with Crippen molar-refractivity contribution in [1.29, 1.82) is 0 Å². The first-order chi connectivity index (χ1) is 16.2. The number of fused-ring (bicyclic) bond motifs is 1. The van der Waals surface area contributed by atoms with E-state index in [4.69, 9.17) is 11.6 Å². The highest BCUT2D eigenvalue weighted by atomic mass is 35.5. The average Bonchev–Trinajstić information content (AvgIpc) is 2.80. The molecule has 176 valence electrons. The lowest BCUT2D eigenvalue weighted by Gasteiger charge is -2.36. The number of sulfonamides is 1. The second kappa shape index (κ2) is 9.87. The number of anilines is 2. The van der Waals surface area contributed by atoms with Crippen molar-refractivity contribution >= 4 is 44.8 Å². The average molecular weight is 498 g/mol. The van der Waals surface area contributed by atoms with Crippen molar-refractivity contribution in [2.24, 2.45) is 0 Å². The van der Waals surface area contributed by atoms with E-state index in [2.05, 4.69) is 10.0 Å². The molecule has 0 bridgehead atoms. The number of amides is 2. The van der Waals surface area contributed by atoms with Crippen LogP contribution in [0, 0.1) is 0 Å². The summed E-state index contributed by atoms with van der Waals surface area (Å²) in [5.74, 6) is -0.401. The summed E-state index contributed by atoms with van der Waals surface area (Å²) in [6.07, 6.45) is 0.811. The summed E-state index contributed by atoms with van der Waals surface area (Å²) in [7, 11) is -3.87. The molecular formula is C25H24ClN3O4S. The summed E-state index contributed by atoms with van der Waals surface area (Å²) < 4.78 is 28.1. The molecule has 4 rings (SSSR count). The van der Waals surface area contributed by atoms with Crippen molar-refractivity contribution in [3.8, 4) is 0 Å². The molecule has 0 radical (unpaired) electrons. The number of hydrogen-bond donors (Lipinski definition) is 2. The zero-order valence-electron chi connectivity index (χ0n) is 18.5. The van der Waals surface area contributed by atoms with Crippen molar-refractivity contribution in [2.75, 3.05) is 16.6 Å². The van der Waals surface area contributed by atoms with E-state index in [0.29, 0.717) is 22.9 Å². The fourth-order valence-electron chi connectivity index (χ4n) is 4.11. The molecule has 3 aromatic carbocycles. The molecule has 9 heteroatoms. The Hall–Kier alpha value is -3.36. The highest BCUT2D eigenvalue weighted by molar-refractivity contribution is 7.92. The molecule has 1 unspecified atom stereocenters. The van der Waals surface area contributed by atoms with Crippen molar-refractivity contribution < 1.29 is 18.0 Å². The number of rotatable bonds is 6. The van der Waals surface area contributed by atoms with E-state index in [1.165, 1.54) is 19.1 Å². The monoisotopic (exact) mass is 497 g/mol. The molecule has 3 aromatic rings. The molecule has 2 N–H and O–H groups in total. The van der Waals surface area contributed by atoms with Gasteiger partial charge in [-0.3, -0.25) is 14.3 Å². The Kier molecular flexibility index (Phi) is 6.90. The third-order valence-corrected chi connectivity index (χ3v) is 7.35. The van der Waals surface area contributed by atoms with Crippen LogP contribution < -0.4 is 10.0 Å². The molecule has 0 aliphatic carbocycles. The molecule has 1 atom stereocenters. The van der Waals surface area contributed by atoms with Crippen molar-refractivity contribution in [3.63, 3.8) is 0 Å². The number of benzene rings is 3. The van der Waals surface area contributed by atoms with Crippen LogP contribution in [0.4, 0.5) is 11.4 Å². The van der Waals surface area contributed by atoms with Gasteiger partial charge in [-0.1, -0.05) is 41.9 Å².